The molecule has 0 saturated heterocycles. The van der Waals surface area contributed by atoms with E-state index in [1.165, 1.54) is 0 Å². The lowest BCUT2D eigenvalue weighted by Crippen LogP contribution is -2.35. The summed E-state index contributed by atoms with van der Waals surface area (Å²) in [6.07, 6.45) is 0.754. The number of hydrogen-bond donors (Lipinski definition) is 2. The first-order chi connectivity index (χ1) is 3.81. The van der Waals surface area contributed by atoms with E-state index in [1.807, 2.05) is 0 Å². The number of hydrogen-bond acceptors (Lipinski definition) is 2. The number of rotatable bonds is 2. The van der Waals surface area contributed by atoms with Crippen LogP contribution < -0.4 is 10.5 Å². The summed E-state index contributed by atoms with van der Waals surface area (Å²) in [5.74, 6) is 0. The van der Waals surface area contributed by atoms with Crippen molar-refractivity contribution in [1.29, 1.82) is 0 Å². The van der Waals surface area contributed by atoms with E-state index in [4.69, 9.17) is 0 Å². The lowest BCUT2D eigenvalue weighted by atomic mass is 10.0. The molecular formula is C3H7BN2OS. The summed E-state index contributed by atoms with van der Waals surface area (Å²) in [6.45, 7) is 0. The molecule has 0 radical (unpaired) electrons. The van der Waals surface area contributed by atoms with E-state index < -0.39 is 0 Å². The van der Waals surface area contributed by atoms with E-state index in [-0.39, 0.29) is 7.41 Å². The van der Waals surface area contributed by atoms with E-state index in [0.29, 0.717) is 5.11 Å². The number of carbonyl (C=O) groups excluding carboxylic acids is 1. The molecule has 0 aromatic rings. The van der Waals surface area contributed by atoms with Crippen LogP contribution in [0.5, 0.6) is 0 Å². The van der Waals surface area contributed by atoms with Crippen LogP contribution in [-0.2, 0) is 4.79 Å². The third-order valence-electron chi connectivity index (χ3n) is 0.573. The van der Waals surface area contributed by atoms with Gasteiger partial charge in [0.2, 0.25) is 0 Å². The van der Waals surface area contributed by atoms with Crippen molar-refractivity contribution >= 4 is 30.9 Å². The molecule has 3 nitrogen and oxygen atoms in total. The van der Waals surface area contributed by atoms with Gasteiger partial charge in [-0.15, -0.1) is 0 Å². The van der Waals surface area contributed by atoms with Gasteiger partial charge in [-0.3, -0.25) is 0 Å². The van der Waals surface area contributed by atoms with Crippen molar-refractivity contribution in [3.8, 4) is 0 Å². The second-order valence-corrected chi connectivity index (χ2v) is 1.53. The van der Waals surface area contributed by atoms with Gasteiger partial charge in [0.25, 0.3) is 0 Å². The number of carbonyl (C=O) groups is 1. The van der Waals surface area contributed by atoms with Crippen LogP contribution in [-0.4, -0.2) is 25.8 Å². The molecule has 0 aliphatic rings. The van der Waals surface area contributed by atoms with Gasteiger partial charge in [0, 0.05) is 7.05 Å². The van der Waals surface area contributed by atoms with Crippen molar-refractivity contribution in [2.75, 3.05) is 7.05 Å². The minimum atomic E-state index is 0.277. The van der Waals surface area contributed by atoms with Crippen molar-refractivity contribution < 1.29 is 4.79 Å². The van der Waals surface area contributed by atoms with Gasteiger partial charge in [-0.05, 0) is 12.2 Å². The Balaban J connectivity index is 3.11. The Morgan fingerprint density at radius 1 is 1.88 bits per heavy atom. The second kappa shape index (κ2) is 4.58. The van der Waals surface area contributed by atoms with Gasteiger partial charge >= 0.3 is 7.41 Å². The average molecular weight is 130 g/mol. The van der Waals surface area contributed by atoms with E-state index in [1.54, 1.807) is 7.05 Å². The molecule has 0 spiro atoms. The monoisotopic (exact) mass is 130 g/mol. The summed E-state index contributed by atoms with van der Waals surface area (Å²) in [6, 6.07) is 0. The topological polar surface area (TPSA) is 41.1 Å². The Hall–Kier alpha value is -0.575. The largest absolute Gasteiger partial charge is 0.402 e. The van der Waals surface area contributed by atoms with Crippen molar-refractivity contribution in [3.05, 3.63) is 0 Å². The lowest BCUT2D eigenvalue weighted by Gasteiger charge is -1.99. The molecule has 0 aliphatic heterocycles. The van der Waals surface area contributed by atoms with Gasteiger partial charge in [-0.2, -0.15) is 0 Å². The Morgan fingerprint density at radius 2 is 2.50 bits per heavy atom. The quantitative estimate of drug-likeness (QED) is 0.274. The zero-order chi connectivity index (χ0) is 6.41. The molecule has 0 saturated carbocycles. The van der Waals surface area contributed by atoms with Gasteiger partial charge in [0.15, 0.2) is 5.11 Å². The summed E-state index contributed by atoms with van der Waals surface area (Å²) in [5.41, 5.74) is 0. The van der Waals surface area contributed by atoms with E-state index in [9.17, 15) is 4.79 Å². The standard InChI is InChI=1S/C3H7BN2OS/c1-5-3(8)6-4-2-7/h2,4H,1H3,(H2,5,6,8). The first kappa shape index (κ1) is 7.42. The summed E-state index contributed by atoms with van der Waals surface area (Å²) < 4.78 is 0. The zero-order valence-electron chi connectivity index (χ0n) is 4.60. The minimum absolute atomic E-state index is 0.277. The molecule has 0 fully saturated rings. The summed E-state index contributed by atoms with van der Waals surface area (Å²) in [4.78, 5) is 9.68. The second-order valence-electron chi connectivity index (χ2n) is 1.13. The molecule has 0 atom stereocenters. The molecule has 8 heavy (non-hydrogen) atoms. The van der Waals surface area contributed by atoms with Crippen LogP contribution in [0, 0.1) is 0 Å². The maximum absolute atomic E-state index is 9.68. The molecule has 0 rings (SSSR count). The molecule has 2 N–H and O–H groups in total. The molecule has 0 aliphatic carbocycles. The van der Waals surface area contributed by atoms with Crippen molar-refractivity contribution in [2.45, 2.75) is 0 Å². The van der Waals surface area contributed by atoms with E-state index >= 15 is 0 Å². The fraction of sp³-hybridized carbons (Fsp3) is 0.333. The van der Waals surface area contributed by atoms with E-state index in [0.717, 1.165) is 6.19 Å². The molecule has 0 aromatic carbocycles. The molecule has 0 bridgehead atoms. The Kier molecular flexibility index (Phi) is 4.25. The molecule has 0 aromatic heterocycles. The Labute approximate surface area is 54.1 Å². The minimum Gasteiger partial charge on any atom is -0.402 e. The van der Waals surface area contributed by atoms with Crippen LogP contribution in [0.2, 0.25) is 0 Å². The third-order valence-corrected chi connectivity index (χ3v) is 0.921. The molecule has 44 valence electrons. The van der Waals surface area contributed by atoms with Crippen molar-refractivity contribution in [1.82, 2.24) is 10.5 Å². The van der Waals surface area contributed by atoms with Crippen LogP contribution in [0.25, 0.3) is 0 Å². The van der Waals surface area contributed by atoms with Crippen LogP contribution in [0.1, 0.15) is 0 Å². The first-order valence-corrected chi connectivity index (χ1v) is 2.61. The summed E-state index contributed by atoms with van der Waals surface area (Å²) in [5, 5.41) is 5.79. The number of nitrogens with one attached hydrogen (secondary N) is 2. The maximum atomic E-state index is 9.68. The van der Waals surface area contributed by atoms with Crippen LogP contribution >= 0.6 is 12.2 Å². The summed E-state index contributed by atoms with van der Waals surface area (Å²) in [7, 11) is 1.97. The fourth-order valence-electron chi connectivity index (χ4n) is 0.223. The maximum Gasteiger partial charge on any atom is 0.309 e. The average Bonchev–Trinajstić information content (AvgIpc) is 1.83. The predicted molar refractivity (Wildman–Crippen MR) is 38.7 cm³/mol. The van der Waals surface area contributed by atoms with Gasteiger partial charge in [-0.1, -0.05) is 0 Å². The van der Waals surface area contributed by atoms with Gasteiger partial charge in [-0.25, -0.2) is 0 Å². The third kappa shape index (κ3) is 3.61. The molecule has 0 amide bonds. The zero-order valence-corrected chi connectivity index (χ0v) is 5.42. The highest BCUT2D eigenvalue weighted by atomic mass is 32.1. The van der Waals surface area contributed by atoms with E-state index in [2.05, 4.69) is 22.8 Å². The highest BCUT2D eigenvalue weighted by Crippen LogP contribution is 1.55. The van der Waals surface area contributed by atoms with Crippen LogP contribution in [0.4, 0.5) is 0 Å². The Bertz CT molecular complexity index is 97.3. The first-order valence-electron chi connectivity index (χ1n) is 2.20. The Morgan fingerprint density at radius 3 is 2.88 bits per heavy atom. The van der Waals surface area contributed by atoms with Gasteiger partial charge < -0.3 is 15.3 Å². The highest BCUT2D eigenvalue weighted by molar-refractivity contribution is 7.80. The number of thiocarbonyl (C=S) groups is 1. The molecule has 5 heteroatoms. The van der Waals surface area contributed by atoms with Gasteiger partial charge in [0.05, 0.1) is 0 Å². The fourth-order valence-corrected chi connectivity index (χ4v) is 0.306. The molecule has 0 heterocycles. The molecule has 0 unspecified atom stereocenters. The SMILES string of the molecule is CNC(=S)NBC=O. The lowest BCUT2D eigenvalue weighted by molar-refractivity contribution is 0.568. The van der Waals surface area contributed by atoms with Gasteiger partial charge in [0.1, 0.15) is 6.19 Å². The van der Waals surface area contributed by atoms with Crippen molar-refractivity contribution in [2.24, 2.45) is 0 Å². The normalized spacial score (nSPS) is 7.12. The van der Waals surface area contributed by atoms with Crippen LogP contribution in [0.3, 0.4) is 0 Å². The van der Waals surface area contributed by atoms with Crippen LogP contribution in [0.15, 0.2) is 0 Å². The van der Waals surface area contributed by atoms with Crippen molar-refractivity contribution in [3.63, 3.8) is 0 Å². The highest BCUT2D eigenvalue weighted by Gasteiger charge is 1.87. The smallest absolute Gasteiger partial charge is 0.309 e. The summed E-state index contributed by atoms with van der Waals surface area (Å²) >= 11 is 4.64. The predicted octanol–water partition coefficient (Wildman–Crippen LogP) is -1.38. The molecular weight excluding hydrogens is 123 g/mol.